The van der Waals surface area contributed by atoms with Crippen molar-refractivity contribution in [2.45, 2.75) is 18.6 Å². The van der Waals surface area contributed by atoms with Crippen molar-refractivity contribution in [3.8, 4) is 0 Å². The molecule has 0 radical (unpaired) electrons. The highest BCUT2D eigenvalue weighted by Crippen LogP contribution is 2.24. The molecule has 3 heteroatoms. The lowest BCUT2D eigenvalue weighted by Gasteiger charge is -2.23. The molecule has 1 N–H and O–H groups in total. The van der Waals surface area contributed by atoms with Crippen LogP contribution in [-0.2, 0) is 9.47 Å². The van der Waals surface area contributed by atoms with Gasteiger partial charge < -0.3 is 14.6 Å². The van der Waals surface area contributed by atoms with E-state index in [-0.39, 0.29) is 6.61 Å². The van der Waals surface area contributed by atoms with Gasteiger partial charge in [0.25, 0.3) is 0 Å². The van der Waals surface area contributed by atoms with Crippen molar-refractivity contribution in [1.29, 1.82) is 0 Å². The summed E-state index contributed by atoms with van der Waals surface area (Å²) >= 11 is 0. The zero-order valence-electron chi connectivity index (χ0n) is 5.59. The van der Waals surface area contributed by atoms with E-state index in [4.69, 9.17) is 14.6 Å². The molecule has 0 aliphatic carbocycles. The number of ether oxygens (including phenoxy) is 2. The van der Waals surface area contributed by atoms with Gasteiger partial charge in [0.2, 0.25) is 0 Å². The number of methoxy groups -OCH3 is 1. The third-order valence-corrected chi connectivity index (χ3v) is 1.68. The third-order valence-electron chi connectivity index (χ3n) is 1.68. The summed E-state index contributed by atoms with van der Waals surface area (Å²) in [5.74, 6) is -0.667. The van der Waals surface area contributed by atoms with Crippen molar-refractivity contribution in [3.63, 3.8) is 0 Å². The van der Waals surface area contributed by atoms with Crippen LogP contribution in [-0.4, -0.2) is 31.2 Å². The Labute approximate surface area is 54.6 Å². The van der Waals surface area contributed by atoms with Crippen LogP contribution in [0.3, 0.4) is 0 Å². The van der Waals surface area contributed by atoms with E-state index >= 15 is 0 Å². The summed E-state index contributed by atoms with van der Waals surface area (Å²) in [4.78, 5) is 0. The minimum atomic E-state index is -0.667. The summed E-state index contributed by atoms with van der Waals surface area (Å²) in [6, 6.07) is 0. The van der Waals surface area contributed by atoms with Gasteiger partial charge in [-0.25, -0.2) is 0 Å². The fraction of sp³-hybridized carbons (Fsp3) is 1.00. The molecule has 1 rings (SSSR count). The first-order chi connectivity index (χ1) is 4.33. The molecule has 0 saturated carbocycles. The average molecular weight is 132 g/mol. The Balaban J connectivity index is 2.45. The smallest absolute Gasteiger partial charge is 0.191 e. The molecule has 9 heavy (non-hydrogen) atoms. The first kappa shape index (κ1) is 6.99. The lowest BCUT2D eigenvalue weighted by atomic mass is 10.2. The molecule has 0 spiro atoms. The summed E-state index contributed by atoms with van der Waals surface area (Å²) in [5, 5.41) is 8.77. The molecule has 1 aliphatic rings. The van der Waals surface area contributed by atoms with Crippen LogP contribution in [0.15, 0.2) is 0 Å². The van der Waals surface area contributed by atoms with E-state index in [2.05, 4.69) is 0 Å². The molecule has 3 nitrogen and oxygen atoms in total. The van der Waals surface area contributed by atoms with Gasteiger partial charge in [-0.2, -0.15) is 0 Å². The molecule has 1 aliphatic heterocycles. The van der Waals surface area contributed by atoms with Crippen molar-refractivity contribution in [2.24, 2.45) is 0 Å². The van der Waals surface area contributed by atoms with E-state index in [0.29, 0.717) is 6.61 Å². The van der Waals surface area contributed by atoms with Crippen LogP contribution < -0.4 is 0 Å². The van der Waals surface area contributed by atoms with E-state index < -0.39 is 5.79 Å². The summed E-state index contributed by atoms with van der Waals surface area (Å²) in [7, 11) is 1.56. The Morgan fingerprint density at radius 2 is 2.56 bits per heavy atom. The lowest BCUT2D eigenvalue weighted by molar-refractivity contribution is -0.213. The molecule has 1 saturated heterocycles. The minimum Gasteiger partial charge on any atom is -0.391 e. The highest BCUT2D eigenvalue weighted by Gasteiger charge is 2.33. The zero-order valence-corrected chi connectivity index (χ0v) is 5.59. The van der Waals surface area contributed by atoms with Gasteiger partial charge in [0, 0.05) is 13.5 Å². The molecule has 0 bridgehead atoms. The van der Waals surface area contributed by atoms with Gasteiger partial charge in [0.15, 0.2) is 5.79 Å². The number of rotatable bonds is 2. The number of aliphatic hydroxyl groups excluding tert-OH is 1. The summed E-state index contributed by atoms with van der Waals surface area (Å²) in [6.45, 7) is 0.665. The summed E-state index contributed by atoms with van der Waals surface area (Å²) in [5.41, 5.74) is 0. The van der Waals surface area contributed by atoms with Crippen LogP contribution in [0.2, 0.25) is 0 Å². The maximum absolute atomic E-state index is 8.77. The molecule has 0 aromatic carbocycles. The predicted octanol–water partition coefficient (Wildman–Crippen LogP) is 0.132. The third kappa shape index (κ3) is 1.23. The molecular formula is C6H12O3. The fourth-order valence-corrected chi connectivity index (χ4v) is 1.02. The molecule has 0 amide bonds. The highest BCUT2D eigenvalue weighted by molar-refractivity contribution is 4.73. The van der Waals surface area contributed by atoms with Crippen LogP contribution in [0.5, 0.6) is 0 Å². The molecule has 1 heterocycles. The predicted molar refractivity (Wildman–Crippen MR) is 32.0 cm³/mol. The van der Waals surface area contributed by atoms with E-state index in [9.17, 15) is 0 Å². The first-order valence-electron chi connectivity index (χ1n) is 3.13. The van der Waals surface area contributed by atoms with Crippen molar-refractivity contribution in [2.75, 3.05) is 20.3 Å². The SMILES string of the molecule is COC1(CO)CCCO1. The second-order valence-electron chi connectivity index (χ2n) is 2.22. The van der Waals surface area contributed by atoms with Gasteiger partial charge in [-0.05, 0) is 6.42 Å². The Hall–Kier alpha value is -0.120. The van der Waals surface area contributed by atoms with Crippen LogP contribution >= 0.6 is 0 Å². The number of aliphatic hydroxyl groups is 1. The average Bonchev–Trinajstić information content (AvgIpc) is 2.36. The van der Waals surface area contributed by atoms with Gasteiger partial charge >= 0.3 is 0 Å². The molecular weight excluding hydrogens is 120 g/mol. The maximum Gasteiger partial charge on any atom is 0.191 e. The number of hydrogen-bond acceptors (Lipinski definition) is 3. The molecule has 0 aromatic rings. The Bertz CT molecular complexity index is 80.3. The monoisotopic (exact) mass is 132 g/mol. The largest absolute Gasteiger partial charge is 0.391 e. The summed E-state index contributed by atoms with van der Waals surface area (Å²) < 4.78 is 10.1. The molecule has 1 fully saturated rings. The van der Waals surface area contributed by atoms with Crippen molar-refractivity contribution >= 4 is 0 Å². The van der Waals surface area contributed by atoms with Gasteiger partial charge in [-0.3, -0.25) is 0 Å². The van der Waals surface area contributed by atoms with Gasteiger partial charge in [0.05, 0.1) is 13.2 Å². The van der Waals surface area contributed by atoms with Crippen molar-refractivity contribution in [1.82, 2.24) is 0 Å². The van der Waals surface area contributed by atoms with Crippen molar-refractivity contribution in [3.05, 3.63) is 0 Å². The van der Waals surface area contributed by atoms with E-state index in [1.807, 2.05) is 0 Å². The lowest BCUT2D eigenvalue weighted by Crippen LogP contribution is -2.34. The van der Waals surface area contributed by atoms with Gasteiger partial charge in [-0.15, -0.1) is 0 Å². The molecule has 54 valence electrons. The Morgan fingerprint density at radius 3 is 2.78 bits per heavy atom. The van der Waals surface area contributed by atoms with Gasteiger partial charge in [0.1, 0.15) is 0 Å². The minimum absolute atomic E-state index is 0.0382. The van der Waals surface area contributed by atoms with E-state index in [0.717, 1.165) is 12.8 Å². The molecule has 1 unspecified atom stereocenters. The standard InChI is InChI=1S/C6H12O3/c1-8-6(5-7)3-2-4-9-6/h7H,2-5H2,1H3. The summed E-state index contributed by atoms with van der Waals surface area (Å²) in [6.07, 6.45) is 1.79. The number of hydrogen-bond donors (Lipinski definition) is 1. The highest BCUT2D eigenvalue weighted by atomic mass is 16.7. The van der Waals surface area contributed by atoms with E-state index in [1.165, 1.54) is 0 Å². The maximum atomic E-state index is 8.77. The van der Waals surface area contributed by atoms with Crippen LogP contribution in [0, 0.1) is 0 Å². The molecule has 0 aromatic heterocycles. The Morgan fingerprint density at radius 1 is 1.78 bits per heavy atom. The van der Waals surface area contributed by atoms with Crippen LogP contribution in [0.4, 0.5) is 0 Å². The van der Waals surface area contributed by atoms with E-state index in [1.54, 1.807) is 7.11 Å². The van der Waals surface area contributed by atoms with Crippen LogP contribution in [0.1, 0.15) is 12.8 Å². The zero-order chi connectivity index (χ0) is 6.74. The first-order valence-corrected chi connectivity index (χ1v) is 3.13. The fourth-order valence-electron chi connectivity index (χ4n) is 1.02. The second-order valence-corrected chi connectivity index (χ2v) is 2.22. The second kappa shape index (κ2) is 2.64. The topological polar surface area (TPSA) is 38.7 Å². The van der Waals surface area contributed by atoms with Crippen molar-refractivity contribution < 1.29 is 14.6 Å². The normalized spacial score (nSPS) is 35.3. The Kier molecular flexibility index (Phi) is 2.05. The van der Waals surface area contributed by atoms with Gasteiger partial charge in [-0.1, -0.05) is 0 Å². The van der Waals surface area contributed by atoms with Crippen LogP contribution in [0.25, 0.3) is 0 Å². The molecule has 1 atom stereocenters. The quantitative estimate of drug-likeness (QED) is 0.580.